The molecule has 2 aliphatic carbocycles. The molecular weight excluding hydrogens is 529 g/mol. The Balaban J connectivity index is 0.000000274. The highest BCUT2D eigenvalue weighted by molar-refractivity contribution is 5.45. The van der Waals surface area contributed by atoms with Gasteiger partial charge in [0, 0.05) is 31.1 Å². The zero-order chi connectivity index (χ0) is 31.4. The topological polar surface area (TPSA) is 3.24 Å². The van der Waals surface area contributed by atoms with Gasteiger partial charge in [-0.15, -0.1) is 0 Å². The number of hydrogen-bond acceptors (Lipinski definition) is 1. The second-order valence-corrected chi connectivity index (χ2v) is 13.3. The first-order chi connectivity index (χ1) is 18.9. The zero-order valence-corrected chi connectivity index (χ0v) is 26.7. The van der Waals surface area contributed by atoms with E-state index in [4.69, 9.17) is 0 Å². The quantitative estimate of drug-likeness (QED) is 0.279. The number of hydrogen-bond donors (Lipinski definition) is 0. The minimum atomic E-state index is -3.96. The van der Waals surface area contributed by atoms with Crippen molar-refractivity contribution < 1.29 is 22.0 Å². The van der Waals surface area contributed by atoms with Crippen molar-refractivity contribution in [3.63, 3.8) is 0 Å². The third-order valence-electron chi connectivity index (χ3n) is 7.39. The lowest BCUT2D eigenvalue weighted by atomic mass is 9.94. The molecule has 0 aliphatic heterocycles. The number of nitrogens with zero attached hydrogens (tertiary/aromatic N) is 1. The lowest BCUT2D eigenvalue weighted by molar-refractivity contribution is -0.191. The molecule has 2 aromatic rings. The number of alkyl halides is 5. The molecule has 6 heteroatoms. The predicted molar refractivity (Wildman–Crippen MR) is 165 cm³/mol. The summed E-state index contributed by atoms with van der Waals surface area (Å²) < 4.78 is 61.1. The lowest BCUT2D eigenvalue weighted by Gasteiger charge is -2.23. The fraction of sp³-hybridized carbons (Fsp3) is 0.657. The monoisotopic (exact) mass is 583 g/mol. The average Bonchev–Trinajstić information content (AvgIpc) is 3.76. The van der Waals surface area contributed by atoms with E-state index in [9.17, 15) is 22.0 Å². The summed E-state index contributed by atoms with van der Waals surface area (Å²) in [6.07, 6.45) is -0.962. The molecule has 1 unspecified atom stereocenters. The summed E-state index contributed by atoms with van der Waals surface area (Å²) in [4.78, 5) is 2.25. The van der Waals surface area contributed by atoms with Crippen molar-refractivity contribution in [2.45, 2.75) is 112 Å². The van der Waals surface area contributed by atoms with E-state index in [1.807, 2.05) is 33.8 Å². The molecule has 0 heterocycles. The van der Waals surface area contributed by atoms with Crippen molar-refractivity contribution in [1.29, 1.82) is 0 Å². The Labute approximate surface area is 246 Å². The van der Waals surface area contributed by atoms with Crippen LogP contribution in [0.5, 0.6) is 0 Å². The van der Waals surface area contributed by atoms with E-state index >= 15 is 0 Å². The summed E-state index contributed by atoms with van der Waals surface area (Å²) in [7, 11) is 2.11. The van der Waals surface area contributed by atoms with Gasteiger partial charge in [0.2, 0.25) is 0 Å². The fourth-order valence-electron chi connectivity index (χ4n) is 4.68. The maximum Gasteiger partial charge on any atom is 0.394 e. The van der Waals surface area contributed by atoms with E-state index in [0.717, 1.165) is 5.92 Å². The molecule has 0 spiro atoms. The van der Waals surface area contributed by atoms with Crippen molar-refractivity contribution in [3.8, 4) is 0 Å². The molecular formula is C35H54F5N. The molecule has 0 bridgehead atoms. The van der Waals surface area contributed by atoms with Gasteiger partial charge in [-0.05, 0) is 81.4 Å². The molecule has 1 atom stereocenters. The van der Waals surface area contributed by atoms with Crippen molar-refractivity contribution in [3.05, 3.63) is 66.2 Å². The van der Waals surface area contributed by atoms with Crippen LogP contribution in [-0.2, 0) is 6.42 Å². The largest absolute Gasteiger partial charge is 0.394 e. The molecule has 1 nitrogen and oxygen atoms in total. The normalized spacial score (nSPS) is 18.0. The summed E-state index contributed by atoms with van der Waals surface area (Å²) in [6.45, 7) is 16.5. The van der Waals surface area contributed by atoms with Gasteiger partial charge in [0.25, 0.3) is 5.92 Å². The van der Waals surface area contributed by atoms with Crippen molar-refractivity contribution in [1.82, 2.24) is 0 Å². The summed E-state index contributed by atoms with van der Waals surface area (Å²) in [5.74, 6) is -1.26. The smallest absolute Gasteiger partial charge is 0.372 e. The second kappa shape index (κ2) is 16.5. The van der Waals surface area contributed by atoms with Crippen LogP contribution in [0.3, 0.4) is 0 Å². The molecule has 0 N–H and O–H groups in total. The van der Waals surface area contributed by atoms with Crippen LogP contribution in [-0.4, -0.2) is 25.2 Å². The standard InChI is InChI=1S/C10H15N.C10H14.C8H13F3.C7H12F2/c1-9(2)11(3)10-7-5-4-6-8-10;1-9(2)8-10-6-4-3-5-7-10;1-6(2)5-7(3-4-7)8(9,10)11;1-5(2)3-6-4-7(6,8)9/h4-9H,1-3H3;3-7,9H,8H2,1-2H3;6H,3-5H2,1-2H3;5-6H,3-4H2,1-2H3. The van der Waals surface area contributed by atoms with Gasteiger partial charge in [-0.25, -0.2) is 8.78 Å². The molecule has 4 rings (SSSR count). The van der Waals surface area contributed by atoms with Crippen molar-refractivity contribution in [2.75, 3.05) is 11.9 Å². The van der Waals surface area contributed by atoms with E-state index in [0.29, 0.717) is 37.6 Å². The minimum absolute atomic E-state index is 0.130. The summed E-state index contributed by atoms with van der Waals surface area (Å²) >= 11 is 0. The molecule has 0 saturated heterocycles. The number of benzene rings is 2. The van der Waals surface area contributed by atoms with Gasteiger partial charge in [0.15, 0.2) is 0 Å². The van der Waals surface area contributed by atoms with Gasteiger partial charge in [-0.1, -0.05) is 90.1 Å². The van der Waals surface area contributed by atoms with Gasteiger partial charge in [-0.2, -0.15) is 13.2 Å². The van der Waals surface area contributed by atoms with Crippen LogP contribution in [0.2, 0.25) is 0 Å². The number of rotatable bonds is 8. The third kappa shape index (κ3) is 14.6. The maximum absolute atomic E-state index is 12.3. The zero-order valence-electron chi connectivity index (χ0n) is 26.7. The molecule has 2 fully saturated rings. The Hall–Kier alpha value is -2.11. The predicted octanol–water partition coefficient (Wildman–Crippen LogP) is 11.5. The third-order valence-corrected chi connectivity index (χ3v) is 7.39. The molecule has 2 saturated carbocycles. The molecule has 0 amide bonds. The van der Waals surface area contributed by atoms with Gasteiger partial charge >= 0.3 is 6.18 Å². The summed E-state index contributed by atoms with van der Waals surface area (Å²) in [6, 6.07) is 21.6. The molecule has 2 aromatic carbocycles. The molecule has 234 valence electrons. The summed E-state index contributed by atoms with van der Waals surface area (Å²) in [5.41, 5.74) is 1.43. The SMILES string of the molecule is CC(C)CC1(C(F)(F)F)CC1.CC(C)CC1CC1(F)F.CC(C)Cc1ccccc1.CC(C)N(C)c1ccccc1. The molecule has 0 aromatic heterocycles. The van der Waals surface area contributed by atoms with Crippen LogP contribution < -0.4 is 4.90 Å². The minimum Gasteiger partial charge on any atom is -0.372 e. The highest BCUT2D eigenvalue weighted by Gasteiger charge is 2.62. The first-order valence-corrected chi connectivity index (χ1v) is 15.2. The van der Waals surface area contributed by atoms with Crippen LogP contribution in [0.1, 0.15) is 93.1 Å². The van der Waals surface area contributed by atoms with Gasteiger partial charge in [-0.3, -0.25) is 0 Å². The Morgan fingerprint density at radius 2 is 1.22 bits per heavy atom. The van der Waals surface area contributed by atoms with E-state index in [1.165, 1.54) is 17.7 Å². The van der Waals surface area contributed by atoms with Crippen LogP contribution in [0, 0.1) is 29.1 Å². The van der Waals surface area contributed by atoms with Gasteiger partial charge in [0.05, 0.1) is 5.41 Å². The Kier molecular flexibility index (Phi) is 14.9. The summed E-state index contributed by atoms with van der Waals surface area (Å²) in [5, 5.41) is 0. The highest BCUT2D eigenvalue weighted by Crippen LogP contribution is 2.61. The second-order valence-electron chi connectivity index (χ2n) is 13.3. The average molecular weight is 584 g/mol. The van der Waals surface area contributed by atoms with Crippen LogP contribution >= 0.6 is 0 Å². The number of halogens is 5. The number of para-hydroxylation sites is 1. The molecule has 0 radical (unpaired) electrons. The first kappa shape index (κ1) is 36.9. The molecule has 41 heavy (non-hydrogen) atoms. The van der Waals surface area contributed by atoms with Gasteiger partial charge < -0.3 is 4.90 Å². The number of anilines is 1. The highest BCUT2D eigenvalue weighted by atomic mass is 19.4. The van der Waals surface area contributed by atoms with E-state index < -0.39 is 17.5 Å². The van der Waals surface area contributed by atoms with Crippen molar-refractivity contribution in [2.24, 2.45) is 29.1 Å². The molecule has 2 aliphatic rings. The Bertz CT molecular complexity index is 948. The fourth-order valence-corrected chi connectivity index (χ4v) is 4.68. The van der Waals surface area contributed by atoms with Crippen LogP contribution in [0.4, 0.5) is 27.6 Å². The van der Waals surface area contributed by atoms with E-state index in [2.05, 4.69) is 94.2 Å². The first-order valence-electron chi connectivity index (χ1n) is 15.2. The Morgan fingerprint density at radius 3 is 1.49 bits per heavy atom. The van der Waals surface area contributed by atoms with E-state index in [-0.39, 0.29) is 18.3 Å². The van der Waals surface area contributed by atoms with Gasteiger partial charge in [0.1, 0.15) is 0 Å². The Morgan fingerprint density at radius 1 is 0.756 bits per heavy atom. The van der Waals surface area contributed by atoms with Crippen LogP contribution in [0.25, 0.3) is 0 Å². The van der Waals surface area contributed by atoms with Crippen LogP contribution in [0.15, 0.2) is 60.7 Å². The maximum atomic E-state index is 12.3. The van der Waals surface area contributed by atoms with E-state index in [1.54, 1.807) is 0 Å². The van der Waals surface area contributed by atoms with Crippen molar-refractivity contribution >= 4 is 5.69 Å². The lowest BCUT2D eigenvalue weighted by Crippen LogP contribution is -2.25.